The Kier molecular flexibility index (Phi) is 12.6. The smallest absolute Gasteiger partial charge is 0.309 e. The Hall–Kier alpha value is -4.07. The Morgan fingerprint density at radius 3 is 2.07 bits per heavy atom. The van der Waals surface area contributed by atoms with E-state index in [1.54, 1.807) is 19.2 Å². The molecule has 2 fully saturated rings. The predicted octanol–water partition coefficient (Wildman–Crippen LogP) is 1.48. The molecule has 14 heteroatoms. The van der Waals surface area contributed by atoms with Crippen molar-refractivity contribution < 1.29 is 52.5 Å². The third-order valence-electron chi connectivity index (χ3n) is 7.26. The summed E-state index contributed by atoms with van der Waals surface area (Å²) < 4.78 is 27.5. The van der Waals surface area contributed by atoms with Crippen LogP contribution in [0.15, 0.2) is 18.3 Å². The predicted molar refractivity (Wildman–Crippen MR) is 152 cm³/mol. The number of piperidine rings is 1. The van der Waals surface area contributed by atoms with E-state index >= 15 is 0 Å². The normalized spacial score (nSPS) is 23.7. The SMILES string of the molecule is CCCCc1ccc(C(=O)NC2OC(C(=O)N3CCC(C(=O)OCC)CC3)C(OC(C)=O)C(OC(C)=O)C2OC(C)=O)nc1. The molecule has 2 saturated heterocycles. The van der Waals surface area contributed by atoms with Gasteiger partial charge in [-0.3, -0.25) is 33.8 Å². The van der Waals surface area contributed by atoms with Crippen molar-refractivity contribution in [3.05, 3.63) is 29.6 Å². The highest BCUT2D eigenvalue weighted by Crippen LogP contribution is 2.30. The van der Waals surface area contributed by atoms with Crippen LogP contribution < -0.4 is 5.32 Å². The second-order valence-electron chi connectivity index (χ2n) is 10.7. The number of amides is 2. The van der Waals surface area contributed by atoms with Crippen LogP contribution in [0.25, 0.3) is 0 Å². The first-order valence-corrected chi connectivity index (χ1v) is 14.8. The van der Waals surface area contributed by atoms with E-state index in [0.717, 1.165) is 45.6 Å². The molecule has 3 rings (SSSR count). The van der Waals surface area contributed by atoms with Crippen molar-refractivity contribution in [2.24, 2.45) is 5.92 Å². The fraction of sp³-hybridized carbons (Fsp3) is 0.633. The average Bonchev–Trinajstić information content (AvgIpc) is 2.98. The summed E-state index contributed by atoms with van der Waals surface area (Å²) >= 11 is 0. The third-order valence-corrected chi connectivity index (χ3v) is 7.26. The zero-order valence-corrected chi connectivity index (χ0v) is 25.7. The summed E-state index contributed by atoms with van der Waals surface area (Å²) in [6.07, 6.45) is -2.60. The number of aromatic nitrogens is 1. The average molecular weight is 620 g/mol. The molecule has 5 unspecified atom stereocenters. The molecule has 5 atom stereocenters. The summed E-state index contributed by atoms with van der Waals surface area (Å²) in [7, 11) is 0. The minimum Gasteiger partial charge on any atom is -0.466 e. The maximum Gasteiger partial charge on any atom is 0.309 e. The van der Waals surface area contributed by atoms with Gasteiger partial charge in [-0.15, -0.1) is 0 Å². The molecule has 1 aromatic heterocycles. The van der Waals surface area contributed by atoms with E-state index in [1.165, 1.54) is 11.0 Å². The van der Waals surface area contributed by atoms with Gasteiger partial charge in [0.2, 0.25) is 0 Å². The number of carbonyl (C=O) groups excluding carboxylic acids is 6. The molecule has 0 saturated carbocycles. The van der Waals surface area contributed by atoms with Gasteiger partial charge in [0.25, 0.3) is 11.8 Å². The van der Waals surface area contributed by atoms with Gasteiger partial charge < -0.3 is 33.9 Å². The van der Waals surface area contributed by atoms with Gasteiger partial charge in [-0.2, -0.15) is 0 Å². The van der Waals surface area contributed by atoms with Crippen LogP contribution in [0.3, 0.4) is 0 Å². The number of hydrogen-bond acceptors (Lipinski definition) is 12. The molecule has 2 amide bonds. The first kappa shape index (κ1) is 34.4. The number of likely N-dealkylation sites (tertiary alicyclic amines) is 1. The number of ether oxygens (including phenoxy) is 5. The number of pyridine rings is 1. The summed E-state index contributed by atoms with van der Waals surface area (Å²) in [6.45, 7) is 7.66. The zero-order chi connectivity index (χ0) is 32.4. The van der Waals surface area contributed by atoms with E-state index in [-0.39, 0.29) is 37.3 Å². The maximum atomic E-state index is 13.9. The van der Waals surface area contributed by atoms with Gasteiger partial charge in [-0.25, -0.2) is 0 Å². The van der Waals surface area contributed by atoms with Gasteiger partial charge in [0, 0.05) is 40.1 Å². The minimum atomic E-state index is -1.57. The molecule has 3 heterocycles. The molecule has 2 aliphatic heterocycles. The lowest BCUT2D eigenvalue weighted by atomic mass is 9.93. The highest BCUT2D eigenvalue weighted by Gasteiger charge is 2.55. The Labute approximate surface area is 256 Å². The maximum absolute atomic E-state index is 13.9. The summed E-state index contributed by atoms with van der Waals surface area (Å²) in [4.78, 5) is 81.4. The van der Waals surface area contributed by atoms with E-state index < -0.39 is 60.4 Å². The zero-order valence-electron chi connectivity index (χ0n) is 25.7. The Bertz CT molecular complexity index is 1200. The number of rotatable bonds is 11. The van der Waals surface area contributed by atoms with Crippen molar-refractivity contribution in [2.75, 3.05) is 19.7 Å². The van der Waals surface area contributed by atoms with Gasteiger partial charge in [0.1, 0.15) is 5.69 Å². The van der Waals surface area contributed by atoms with E-state index in [4.69, 9.17) is 23.7 Å². The largest absolute Gasteiger partial charge is 0.466 e. The number of hydrogen-bond donors (Lipinski definition) is 1. The second kappa shape index (κ2) is 16.1. The number of unbranched alkanes of at least 4 members (excludes halogenated alkanes) is 1. The number of esters is 4. The fourth-order valence-corrected chi connectivity index (χ4v) is 5.19. The molecule has 44 heavy (non-hydrogen) atoms. The molecule has 1 N–H and O–H groups in total. The van der Waals surface area contributed by atoms with E-state index in [2.05, 4.69) is 17.2 Å². The van der Waals surface area contributed by atoms with Gasteiger partial charge in [-0.05, 0) is 44.2 Å². The topological polar surface area (TPSA) is 177 Å². The quantitative estimate of drug-likeness (QED) is 0.279. The van der Waals surface area contributed by atoms with Crippen molar-refractivity contribution >= 4 is 35.7 Å². The highest BCUT2D eigenvalue weighted by atomic mass is 16.7. The van der Waals surface area contributed by atoms with Crippen LogP contribution in [0.2, 0.25) is 0 Å². The van der Waals surface area contributed by atoms with Crippen molar-refractivity contribution in [3.8, 4) is 0 Å². The third kappa shape index (κ3) is 9.21. The lowest BCUT2D eigenvalue weighted by Gasteiger charge is -2.45. The Morgan fingerprint density at radius 1 is 0.909 bits per heavy atom. The van der Waals surface area contributed by atoms with E-state index in [0.29, 0.717) is 12.8 Å². The summed E-state index contributed by atoms with van der Waals surface area (Å²) in [5, 5.41) is 2.59. The van der Waals surface area contributed by atoms with Gasteiger partial charge in [-0.1, -0.05) is 19.4 Å². The van der Waals surface area contributed by atoms with Crippen molar-refractivity contribution in [1.29, 1.82) is 0 Å². The van der Waals surface area contributed by atoms with Crippen molar-refractivity contribution in [1.82, 2.24) is 15.2 Å². The first-order chi connectivity index (χ1) is 20.9. The number of carbonyl (C=O) groups is 6. The van der Waals surface area contributed by atoms with Crippen LogP contribution in [0.4, 0.5) is 0 Å². The Balaban J connectivity index is 1.92. The molecule has 1 aromatic rings. The standard InChI is InChI=1S/C30H41N3O11/c1-6-8-9-20-10-11-22(31-16-20)27(37)32-28-25(43-19(5)36)23(41-17(3)34)24(42-18(4)35)26(44-28)29(38)33-14-12-21(13-15-33)30(39)40-7-2/h10-11,16,21,23-26,28H,6-9,12-15H2,1-5H3,(H,32,37). The molecule has 0 bridgehead atoms. The minimum absolute atomic E-state index is 0.0329. The van der Waals surface area contributed by atoms with Crippen molar-refractivity contribution in [2.45, 2.75) is 97.4 Å². The molecule has 0 aliphatic carbocycles. The molecule has 0 radical (unpaired) electrons. The van der Waals surface area contributed by atoms with Crippen LogP contribution in [-0.2, 0) is 54.1 Å². The van der Waals surface area contributed by atoms with Gasteiger partial charge >= 0.3 is 23.9 Å². The summed E-state index contributed by atoms with van der Waals surface area (Å²) in [5.41, 5.74) is 0.983. The molecule has 2 aliphatic rings. The van der Waals surface area contributed by atoms with Gasteiger partial charge in [0.15, 0.2) is 30.6 Å². The number of nitrogens with one attached hydrogen (secondary N) is 1. The summed E-state index contributed by atoms with van der Waals surface area (Å²) in [5.74, 6) is -4.50. The van der Waals surface area contributed by atoms with Crippen LogP contribution >= 0.6 is 0 Å². The summed E-state index contributed by atoms with van der Waals surface area (Å²) in [6, 6.07) is 3.30. The molecule has 0 spiro atoms. The second-order valence-corrected chi connectivity index (χ2v) is 10.7. The number of nitrogens with zero attached hydrogens (tertiary/aromatic N) is 2. The van der Waals surface area contributed by atoms with Crippen LogP contribution in [0, 0.1) is 5.92 Å². The first-order valence-electron chi connectivity index (χ1n) is 14.8. The van der Waals surface area contributed by atoms with Crippen LogP contribution in [-0.4, -0.2) is 95.9 Å². The fourth-order valence-electron chi connectivity index (χ4n) is 5.19. The van der Waals surface area contributed by atoms with Crippen LogP contribution in [0.5, 0.6) is 0 Å². The highest BCUT2D eigenvalue weighted by molar-refractivity contribution is 5.92. The Morgan fingerprint density at radius 2 is 1.52 bits per heavy atom. The monoisotopic (exact) mass is 619 g/mol. The van der Waals surface area contributed by atoms with Crippen molar-refractivity contribution in [3.63, 3.8) is 0 Å². The molecular formula is C30H41N3O11. The van der Waals surface area contributed by atoms with E-state index in [1.807, 2.05) is 0 Å². The molecule has 14 nitrogen and oxygen atoms in total. The molecule has 242 valence electrons. The lowest BCUT2D eigenvalue weighted by Crippen LogP contribution is -2.68. The van der Waals surface area contributed by atoms with Crippen LogP contribution in [0.1, 0.15) is 76.4 Å². The molecular weight excluding hydrogens is 578 g/mol. The lowest BCUT2D eigenvalue weighted by molar-refractivity contribution is -0.249. The van der Waals surface area contributed by atoms with Gasteiger partial charge in [0.05, 0.1) is 12.5 Å². The molecule has 0 aromatic carbocycles. The number of aryl methyl sites for hydroxylation is 1. The van der Waals surface area contributed by atoms with E-state index in [9.17, 15) is 28.8 Å².